The van der Waals surface area contributed by atoms with Crippen molar-refractivity contribution in [1.29, 1.82) is 0 Å². The normalized spacial score (nSPS) is 10.4. The number of nitrogens with zero attached hydrogens (tertiary/aromatic N) is 1. The molecule has 3 nitrogen and oxygen atoms in total. The molecule has 0 aliphatic carbocycles. The first kappa shape index (κ1) is 9.99. The van der Waals surface area contributed by atoms with Crippen LogP contribution in [-0.4, -0.2) is 11.5 Å². The zero-order valence-corrected chi connectivity index (χ0v) is 8.48. The lowest BCUT2D eigenvalue weighted by Gasteiger charge is -1.99. The van der Waals surface area contributed by atoms with Gasteiger partial charge in [0.1, 0.15) is 5.76 Å². The number of rotatable bonds is 4. The van der Waals surface area contributed by atoms with E-state index >= 15 is 0 Å². The molecule has 0 aliphatic heterocycles. The predicted molar refractivity (Wildman–Crippen MR) is 52.5 cm³/mol. The first-order chi connectivity index (χ1) is 6.09. The van der Waals surface area contributed by atoms with Crippen LogP contribution < -0.4 is 5.32 Å². The second kappa shape index (κ2) is 4.23. The molecule has 0 aliphatic rings. The summed E-state index contributed by atoms with van der Waals surface area (Å²) in [5.41, 5.74) is 2.08. The molecule has 0 amide bonds. The quantitative estimate of drug-likeness (QED) is 0.720. The number of hydrogen-bond donors (Lipinski definition) is 1. The van der Waals surface area contributed by atoms with Crippen LogP contribution in [0.3, 0.4) is 0 Å². The van der Waals surface area contributed by atoms with E-state index in [1.807, 2.05) is 20.8 Å². The topological polar surface area (TPSA) is 38.1 Å². The van der Waals surface area contributed by atoms with E-state index in [1.54, 1.807) is 0 Å². The van der Waals surface area contributed by atoms with Gasteiger partial charge in [0, 0.05) is 6.54 Å². The van der Waals surface area contributed by atoms with E-state index in [9.17, 15) is 0 Å². The van der Waals surface area contributed by atoms with Gasteiger partial charge in [-0.05, 0) is 20.8 Å². The van der Waals surface area contributed by atoms with Crippen LogP contribution in [0.2, 0.25) is 0 Å². The van der Waals surface area contributed by atoms with Crippen LogP contribution in [-0.2, 0) is 6.54 Å². The molecule has 0 unspecified atom stereocenters. The van der Waals surface area contributed by atoms with Gasteiger partial charge in [0.2, 0.25) is 5.89 Å². The average Bonchev–Trinajstić information content (AvgIpc) is 2.30. The molecular weight excluding hydrogens is 164 g/mol. The predicted octanol–water partition coefficient (Wildman–Crippen LogP) is 1.96. The summed E-state index contributed by atoms with van der Waals surface area (Å²) in [5, 5.41) is 3.19. The lowest BCUT2D eigenvalue weighted by atomic mass is 10.3. The third-order valence-electron chi connectivity index (χ3n) is 1.78. The van der Waals surface area contributed by atoms with Gasteiger partial charge >= 0.3 is 0 Å². The molecule has 0 radical (unpaired) electrons. The lowest BCUT2D eigenvalue weighted by Crippen LogP contribution is -2.15. The zero-order valence-electron chi connectivity index (χ0n) is 8.48. The Bertz CT molecular complexity index is 282. The third-order valence-corrected chi connectivity index (χ3v) is 1.78. The van der Waals surface area contributed by atoms with Gasteiger partial charge in [-0.2, -0.15) is 0 Å². The minimum atomic E-state index is 0.668. The van der Waals surface area contributed by atoms with E-state index in [-0.39, 0.29) is 0 Å². The highest BCUT2D eigenvalue weighted by Gasteiger charge is 2.03. The minimum absolute atomic E-state index is 0.668. The molecule has 3 heteroatoms. The maximum Gasteiger partial charge on any atom is 0.208 e. The Hall–Kier alpha value is -1.09. The molecule has 0 saturated carbocycles. The largest absolute Gasteiger partial charge is 0.444 e. The van der Waals surface area contributed by atoms with Crippen molar-refractivity contribution in [1.82, 2.24) is 10.3 Å². The van der Waals surface area contributed by atoms with Crippen LogP contribution in [0.4, 0.5) is 0 Å². The average molecular weight is 180 g/mol. The van der Waals surface area contributed by atoms with Crippen LogP contribution in [0.1, 0.15) is 24.3 Å². The first-order valence-electron chi connectivity index (χ1n) is 4.37. The van der Waals surface area contributed by atoms with Crippen molar-refractivity contribution in [2.24, 2.45) is 0 Å². The summed E-state index contributed by atoms with van der Waals surface area (Å²) in [7, 11) is 0. The van der Waals surface area contributed by atoms with E-state index in [0.717, 1.165) is 29.5 Å². The van der Waals surface area contributed by atoms with Gasteiger partial charge in [-0.1, -0.05) is 12.2 Å². The van der Waals surface area contributed by atoms with Gasteiger partial charge in [0.15, 0.2) is 0 Å². The second-order valence-electron chi connectivity index (χ2n) is 3.31. The fourth-order valence-electron chi connectivity index (χ4n) is 0.998. The van der Waals surface area contributed by atoms with Crippen LogP contribution in [0.15, 0.2) is 16.6 Å². The van der Waals surface area contributed by atoms with E-state index in [1.165, 1.54) is 0 Å². The van der Waals surface area contributed by atoms with E-state index in [2.05, 4.69) is 16.9 Å². The number of aromatic nitrogens is 1. The lowest BCUT2D eigenvalue weighted by molar-refractivity contribution is 0.453. The minimum Gasteiger partial charge on any atom is -0.444 e. The molecule has 0 spiro atoms. The number of aryl methyl sites for hydroxylation is 2. The van der Waals surface area contributed by atoms with Crippen molar-refractivity contribution in [2.45, 2.75) is 27.3 Å². The number of nitrogens with one attached hydrogen (secondary N) is 1. The molecule has 1 N–H and O–H groups in total. The maximum atomic E-state index is 5.39. The first-order valence-corrected chi connectivity index (χ1v) is 4.37. The van der Waals surface area contributed by atoms with Crippen molar-refractivity contribution in [3.8, 4) is 0 Å². The van der Waals surface area contributed by atoms with Gasteiger partial charge in [0.25, 0.3) is 0 Å². The SMILES string of the molecule is C=C(C)CNCc1nc(C)c(C)o1. The summed E-state index contributed by atoms with van der Waals surface area (Å²) in [6.45, 7) is 11.1. The highest BCUT2D eigenvalue weighted by molar-refractivity contribution is 5.05. The Labute approximate surface area is 78.9 Å². The van der Waals surface area contributed by atoms with Gasteiger partial charge in [-0.25, -0.2) is 4.98 Å². The fraction of sp³-hybridized carbons (Fsp3) is 0.500. The summed E-state index contributed by atoms with van der Waals surface area (Å²) < 4.78 is 5.39. The Balaban J connectivity index is 2.41. The molecule has 1 aromatic rings. The van der Waals surface area contributed by atoms with Crippen molar-refractivity contribution in [2.75, 3.05) is 6.54 Å². The van der Waals surface area contributed by atoms with Crippen LogP contribution in [0, 0.1) is 13.8 Å². The van der Waals surface area contributed by atoms with E-state index in [4.69, 9.17) is 4.42 Å². The summed E-state index contributed by atoms with van der Waals surface area (Å²) >= 11 is 0. The Morgan fingerprint density at radius 1 is 1.54 bits per heavy atom. The Kier molecular flexibility index (Phi) is 3.25. The Morgan fingerprint density at radius 3 is 2.69 bits per heavy atom. The van der Waals surface area contributed by atoms with Gasteiger partial charge in [0.05, 0.1) is 12.2 Å². The molecule has 0 saturated heterocycles. The standard InChI is InChI=1S/C10H16N2O/c1-7(2)5-11-6-10-12-8(3)9(4)13-10/h11H,1,5-6H2,2-4H3. The van der Waals surface area contributed by atoms with Crippen LogP contribution >= 0.6 is 0 Å². The Morgan fingerprint density at radius 2 is 2.23 bits per heavy atom. The van der Waals surface area contributed by atoms with E-state index < -0.39 is 0 Å². The third kappa shape index (κ3) is 3.03. The van der Waals surface area contributed by atoms with Gasteiger partial charge < -0.3 is 9.73 Å². The molecule has 1 heterocycles. The summed E-state index contributed by atoms with van der Waals surface area (Å²) in [4.78, 5) is 4.25. The molecular formula is C10H16N2O. The monoisotopic (exact) mass is 180 g/mol. The smallest absolute Gasteiger partial charge is 0.208 e. The number of oxazole rings is 1. The van der Waals surface area contributed by atoms with Crippen molar-refractivity contribution < 1.29 is 4.42 Å². The van der Waals surface area contributed by atoms with Crippen LogP contribution in [0.5, 0.6) is 0 Å². The summed E-state index contributed by atoms with van der Waals surface area (Å²) in [6, 6.07) is 0. The zero-order chi connectivity index (χ0) is 9.84. The molecule has 1 aromatic heterocycles. The maximum absolute atomic E-state index is 5.39. The molecule has 0 aromatic carbocycles. The fourth-order valence-corrected chi connectivity index (χ4v) is 0.998. The van der Waals surface area contributed by atoms with Crippen molar-refractivity contribution in [3.63, 3.8) is 0 Å². The molecule has 0 atom stereocenters. The van der Waals surface area contributed by atoms with E-state index in [0.29, 0.717) is 6.54 Å². The summed E-state index contributed by atoms with van der Waals surface area (Å²) in [6.07, 6.45) is 0. The molecule has 72 valence electrons. The highest BCUT2D eigenvalue weighted by Crippen LogP contribution is 2.07. The second-order valence-corrected chi connectivity index (χ2v) is 3.31. The van der Waals surface area contributed by atoms with Crippen molar-refractivity contribution >= 4 is 0 Å². The molecule has 13 heavy (non-hydrogen) atoms. The molecule has 0 fully saturated rings. The van der Waals surface area contributed by atoms with Gasteiger partial charge in [-0.3, -0.25) is 0 Å². The highest BCUT2D eigenvalue weighted by atomic mass is 16.4. The van der Waals surface area contributed by atoms with Gasteiger partial charge in [-0.15, -0.1) is 0 Å². The number of hydrogen-bond acceptors (Lipinski definition) is 3. The van der Waals surface area contributed by atoms with Crippen molar-refractivity contribution in [3.05, 3.63) is 29.5 Å². The van der Waals surface area contributed by atoms with Crippen LogP contribution in [0.25, 0.3) is 0 Å². The molecule has 0 bridgehead atoms. The molecule has 1 rings (SSSR count). The summed E-state index contributed by atoms with van der Waals surface area (Å²) in [5.74, 6) is 1.64.